The molecule has 1 aliphatic rings. The van der Waals surface area contributed by atoms with Gasteiger partial charge in [-0.25, -0.2) is 14.2 Å². The maximum atomic E-state index is 13.8. The summed E-state index contributed by atoms with van der Waals surface area (Å²) >= 11 is 1.16. The number of hydrogen-bond donors (Lipinski definition) is 1. The van der Waals surface area contributed by atoms with E-state index in [1.54, 1.807) is 30.3 Å². The number of carboxylic acids is 1. The van der Waals surface area contributed by atoms with E-state index in [2.05, 4.69) is 4.99 Å². The molecule has 26 heavy (non-hydrogen) atoms. The summed E-state index contributed by atoms with van der Waals surface area (Å²) in [6, 6.07) is 12.3. The zero-order chi connectivity index (χ0) is 18.7. The predicted octanol–water partition coefficient (Wildman–Crippen LogP) is 4.15. The fourth-order valence-electron chi connectivity index (χ4n) is 2.39. The van der Waals surface area contributed by atoms with Crippen molar-refractivity contribution in [1.82, 2.24) is 4.90 Å². The van der Waals surface area contributed by atoms with Crippen molar-refractivity contribution >= 4 is 40.6 Å². The molecule has 1 saturated heterocycles. The van der Waals surface area contributed by atoms with Crippen LogP contribution in [-0.2, 0) is 4.79 Å². The van der Waals surface area contributed by atoms with Gasteiger partial charge in [0.2, 0.25) is 0 Å². The molecule has 7 heteroatoms. The van der Waals surface area contributed by atoms with Gasteiger partial charge >= 0.3 is 5.97 Å². The van der Waals surface area contributed by atoms with Gasteiger partial charge in [-0.2, -0.15) is 0 Å². The van der Waals surface area contributed by atoms with Gasteiger partial charge in [0.25, 0.3) is 5.91 Å². The molecule has 132 valence electrons. The molecule has 1 amide bonds. The Balaban J connectivity index is 1.92. The van der Waals surface area contributed by atoms with Crippen LogP contribution in [0.4, 0.5) is 10.1 Å². The zero-order valence-corrected chi connectivity index (χ0v) is 14.7. The van der Waals surface area contributed by atoms with Gasteiger partial charge in [0.05, 0.1) is 16.2 Å². The number of amidine groups is 1. The van der Waals surface area contributed by atoms with Crippen molar-refractivity contribution in [2.24, 2.45) is 4.99 Å². The lowest BCUT2D eigenvalue weighted by Crippen LogP contribution is -2.28. The van der Waals surface area contributed by atoms with Crippen molar-refractivity contribution in [2.75, 3.05) is 6.54 Å². The van der Waals surface area contributed by atoms with E-state index in [1.165, 1.54) is 29.2 Å². The van der Waals surface area contributed by atoms with Gasteiger partial charge in [0.1, 0.15) is 5.82 Å². The number of benzene rings is 2. The van der Waals surface area contributed by atoms with Crippen LogP contribution in [-0.4, -0.2) is 33.6 Å². The Hall–Kier alpha value is -2.93. The van der Waals surface area contributed by atoms with Crippen LogP contribution in [0.2, 0.25) is 0 Å². The molecular formula is C19H15FN2O3S. The Morgan fingerprint density at radius 1 is 1.23 bits per heavy atom. The average molecular weight is 370 g/mol. The Kier molecular flexibility index (Phi) is 5.18. The molecule has 2 aromatic carbocycles. The second kappa shape index (κ2) is 7.53. The summed E-state index contributed by atoms with van der Waals surface area (Å²) in [5.41, 5.74) is 1.04. The summed E-state index contributed by atoms with van der Waals surface area (Å²) in [5, 5.41) is 9.42. The van der Waals surface area contributed by atoms with Crippen molar-refractivity contribution < 1.29 is 19.1 Å². The van der Waals surface area contributed by atoms with Gasteiger partial charge in [-0.15, -0.1) is 0 Å². The monoisotopic (exact) mass is 370 g/mol. The standard InChI is InChI=1S/C19H15FN2O3S/c1-2-22-17(23)16(11-13-5-3-4-6-15(13)20)26-19(22)21-14-9-7-12(8-10-14)18(24)25/h3-11H,2H2,1H3,(H,24,25)/b16-11-,21-19?. The first-order chi connectivity index (χ1) is 12.5. The third-order valence-electron chi connectivity index (χ3n) is 3.74. The van der Waals surface area contributed by atoms with Crippen LogP contribution < -0.4 is 0 Å². The minimum atomic E-state index is -1.01. The predicted molar refractivity (Wildman–Crippen MR) is 99.9 cm³/mol. The van der Waals surface area contributed by atoms with Crippen LogP contribution in [0.3, 0.4) is 0 Å². The number of aliphatic imine (C=N–C) groups is 1. The molecule has 5 nitrogen and oxygen atoms in total. The van der Waals surface area contributed by atoms with Gasteiger partial charge in [-0.3, -0.25) is 9.69 Å². The highest BCUT2D eigenvalue weighted by molar-refractivity contribution is 8.18. The number of rotatable bonds is 4. The number of thioether (sulfide) groups is 1. The molecule has 3 rings (SSSR count). The zero-order valence-electron chi connectivity index (χ0n) is 13.8. The first-order valence-corrected chi connectivity index (χ1v) is 8.69. The fraction of sp³-hybridized carbons (Fsp3) is 0.105. The third kappa shape index (κ3) is 3.67. The number of carbonyl (C=O) groups excluding carboxylic acids is 1. The van der Waals surface area contributed by atoms with E-state index in [0.29, 0.717) is 27.9 Å². The molecule has 1 N–H and O–H groups in total. The van der Waals surface area contributed by atoms with Crippen molar-refractivity contribution in [1.29, 1.82) is 0 Å². The van der Waals surface area contributed by atoms with Gasteiger partial charge in [-0.1, -0.05) is 18.2 Å². The Labute approximate surface area is 153 Å². The molecule has 0 aromatic heterocycles. The van der Waals surface area contributed by atoms with E-state index >= 15 is 0 Å². The van der Waals surface area contributed by atoms with Crippen molar-refractivity contribution in [3.63, 3.8) is 0 Å². The summed E-state index contributed by atoms with van der Waals surface area (Å²) in [5.74, 6) is -1.65. The quantitative estimate of drug-likeness (QED) is 0.821. The van der Waals surface area contributed by atoms with Crippen LogP contribution >= 0.6 is 11.8 Å². The van der Waals surface area contributed by atoms with E-state index in [0.717, 1.165) is 11.8 Å². The van der Waals surface area contributed by atoms with Gasteiger partial charge in [0, 0.05) is 12.1 Å². The molecule has 1 aliphatic heterocycles. The summed E-state index contributed by atoms with van der Waals surface area (Å²) in [6.07, 6.45) is 1.51. The molecule has 0 saturated carbocycles. The van der Waals surface area contributed by atoms with Gasteiger partial charge in [0.15, 0.2) is 5.17 Å². The van der Waals surface area contributed by atoms with E-state index in [9.17, 15) is 14.0 Å². The topological polar surface area (TPSA) is 70.0 Å². The SMILES string of the molecule is CCN1C(=O)/C(=C/c2ccccc2F)SC1=Nc1ccc(C(=O)O)cc1. The number of halogens is 1. The fourth-order valence-corrected chi connectivity index (χ4v) is 3.45. The molecule has 0 radical (unpaired) electrons. The van der Waals surface area contributed by atoms with E-state index in [1.807, 2.05) is 6.92 Å². The molecule has 2 aromatic rings. The third-order valence-corrected chi connectivity index (χ3v) is 4.74. The lowest BCUT2D eigenvalue weighted by Gasteiger charge is -2.12. The summed E-state index contributed by atoms with van der Waals surface area (Å²) in [7, 11) is 0. The lowest BCUT2D eigenvalue weighted by molar-refractivity contribution is -0.122. The van der Waals surface area contributed by atoms with Gasteiger partial charge in [-0.05, 0) is 55.1 Å². The molecule has 1 fully saturated rings. The second-order valence-corrected chi connectivity index (χ2v) is 6.44. The van der Waals surface area contributed by atoms with Crippen molar-refractivity contribution in [2.45, 2.75) is 6.92 Å². The second-order valence-electron chi connectivity index (χ2n) is 5.43. The van der Waals surface area contributed by atoms with Crippen LogP contribution in [0.5, 0.6) is 0 Å². The number of aromatic carboxylic acids is 1. The highest BCUT2D eigenvalue weighted by atomic mass is 32.2. The Morgan fingerprint density at radius 3 is 2.54 bits per heavy atom. The summed E-state index contributed by atoms with van der Waals surface area (Å²) in [4.78, 5) is 29.8. The molecule has 0 bridgehead atoms. The maximum absolute atomic E-state index is 13.8. The number of amides is 1. The molecular weight excluding hydrogens is 355 g/mol. The number of hydrogen-bond acceptors (Lipinski definition) is 4. The highest BCUT2D eigenvalue weighted by Gasteiger charge is 2.32. The molecule has 0 spiro atoms. The number of carbonyl (C=O) groups is 2. The number of carboxylic acid groups (broad SMARTS) is 1. The minimum Gasteiger partial charge on any atom is -0.478 e. The van der Waals surface area contributed by atoms with Crippen LogP contribution in [0.25, 0.3) is 6.08 Å². The normalized spacial score (nSPS) is 17.3. The summed E-state index contributed by atoms with van der Waals surface area (Å²) < 4.78 is 13.8. The number of likely N-dealkylation sites (N-methyl/N-ethyl adjacent to an activating group) is 1. The molecule has 0 unspecified atom stereocenters. The van der Waals surface area contributed by atoms with Crippen molar-refractivity contribution in [3.8, 4) is 0 Å². The van der Waals surface area contributed by atoms with Crippen molar-refractivity contribution in [3.05, 3.63) is 70.4 Å². The van der Waals surface area contributed by atoms with E-state index < -0.39 is 11.8 Å². The van der Waals surface area contributed by atoms with Crippen LogP contribution in [0.1, 0.15) is 22.8 Å². The number of nitrogens with zero attached hydrogens (tertiary/aromatic N) is 2. The largest absolute Gasteiger partial charge is 0.478 e. The van der Waals surface area contributed by atoms with Crippen LogP contribution in [0, 0.1) is 5.82 Å². The summed E-state index contributed by atoms with van der Waals surface area (Å²) in [6.45, 7) is 2.25. The molecule has 1 heterocycles. The Bertz CT molecular complexity index is 923. The Morgan fingerprint density at radius 2 is 1.92 bits per heavy atom. The smallest absolute Gasteiger partial charge is 0.335 e. The van der Waals surface area contributed by atoms with E-state index in [4.69, 9.17) is 5.11 Å². The van der Waals surface area contributed by atoms with E-state index in [-0.39, 0.29) is 11.5 Å². The molecule has 0 aliphatic carbocycles. The minimum absolute atomic E-state index is 0.164. The lowest BCUT2D eigenvalue weighted by atomic mass is 10.2. The average Bonchev–Trinajstić information content (AvgIpc) is 2.92. The van der Waals surface area contributed by atoms with Gasteiger partial charge < -0.3 is 5.11 Å². The first-order valence-electron chi connectivity index (χ1n) is 7.87. The first kappa shape index (κ1) is 17.9. The highest BCUT2D eigenvalue weighted by Crippen LogP contribution is 2.34. The van der Waals surface area contributed by atoms with Crippen LogP contribution in [0.15, 0.2) is 58.4 Å². The maximum Gasteiger partial charge on any atom is 0.335 e. The molecule has 0 atom stereocenters.